The molecule has 0 aliphatic carbocycles. The van der Waals surface area contributed by atoms with Crippen LogP contribution in [0.4, 0.5) is 10.1 Å². The molecule has 0 saturated carbocycles. The molecule has 80 valence electrons. The van der Waals surface area contributed by atoms with Crippen LogP contribution in [0, 0.1) is 6.92 Å². The van der Waals surface area contributed by atoms with Gasteiger partial charge in [0.15, 0.2) is 0 Å². The van der Waals surface area contributed by atoms with Crippen molar-refractivity contribution in [3.8, 4) is 0 Å². The number of aromatic nitrogens is 1. The zero-order valence-electron chi connectivity index (χ0n) is 9.56. The maximum atomic E-state index is 13.3. The Balaban J connectivity index is 0.000000791. The zero-order valence-corrected chi connectivity index (χ0v) is 9.56. The summed E-state index contributed by atoms with van der Waals surface area (Å²) in [4.78, 5) is 3.96. The monoisotopic (exact) mass is 198 g/mol. The lowest BCUT2D eigenvalue weighted by atomic mass is 10.1. The average molecular weight is 198 g/mol. The minimum atomic E-state index is -1.41. The molecule has 1 aromatic rings. The molecule has 1 heterocycles. The van der Waals surface area contributed by atoms with Crippen LogP contribution in [-0.2, 0) is 5.67 Å². The second kappa shape index (κ2) is 4.94. The van der Waals surface area contributed by atoms with Crippen molar-refractivity contribution in [1.29, 1.82) is 0 Å². The summed E-state index contributed by atoms with van der Waals surface area (Å²) < 4.78 is 13.3. The van der Waals surface area contributed by atoms with Crippen molar-refractivity contribution in [2.45, 2.75) is 40.3 Å². The number of hydrogen-bond acceptors (Lipinski definition) is 2. The van der Waals surface area contributed by atoms with E-state index in [4.69, 9.17) is 5.73 Å². The molecule has 0 radical (unpaired) electrons. The summed E-state index contributed by atoms with van der Waals surface area (Å²) in [6.45, 7) is 8.77. The van der Waals surface area contributed by atoms with Crippen LogP contribution in [0.15, 0.2) is 12.3 Å². The third kappa shape index (κ3) is 3.32. The first-order valence-corrected chi connectivity index (χ1v) is 4.83. The molecule has 0 aliphatic rings. The molecule has 0 atom stereocenters. The highest BCUT2D eigenvalue weighted by atomic mass is 19.1. The van der Waals surface area contributed by atoms with Gasteiger partial charge in [0.25, 0.3) is 0 Å². The predicted molar refractivity (Wildman–Crippen MR) is 58.9 cm³/mol. The number of nitrogens with zero attached hydrogens (tertiary/aromatic N) is 1. The molecule has 2 N–H and O–H groups in total. The van der Waals surface area contributed by atoms with Gasteiger partial charge in [-0.25, -0.2) is 4.39 Å². The second-order valence-electron chi connectivity index (χ2n) is 3.40. The number of aryl methyl sites for hydroxylation is 1. The lowest BCUT2D eigenvalue weighted by Gasteiger charge is -2.14. The minimum Gasteiger partial charge on any atom is -0.398 e. The maximum absolute atomic E-state index is 13.3. The third-order valence-electron chi connectivity index (χ3n) is 1.75. The predicted octanol–water partition coefficient (Wildman–Crippen LogP) is 3.20. The fourth-order valence-electron chi connectivity index (χ4n) is 0.864. The molecule has 1 rings (SSSR count). The lowest BCUT2D eigenvalue weighted by molar-refractivity contribution is 0.214. The SMILES string of the molecule is CC.Cc1cnc(C(C)(C)F)cc1N. The van der Waals surface area contributed by atoms with Crippen molar-refractivity contribution in [1.82, 2.24) is 4.98 Å². The van der Waals surface area contributed by atoms with E-state index < -0.39 is 5.67 Å². The minimum absolute atomic E-state index is 0.380. The van der Waals surface area contributed by atoms with Gasteiger partial charge in [0.2, 0.25) is 0 Å². The van der Waals surface area contributed by atoms with Crippen LogP contribution in [-0.4, -0.2) is 4.98 Å². The molecule has 0 unspecified atom stereocenters. The van der Waals surface area contributed by atoms with Crippen molar-refractivity contribution in [3.05, 3.63) is 23.5 Å². The topological polar surface area (TPSA) is 38.9 Å². The summed E-state index contributed by atoms with van der Waals surface area (Å²) in [6, 6.07) is 1.58. The largest absolute Gasteiger partial charge is 0.398 e. The summed E-state index contributed by atoms with van der Waals surface area (Å²) >= 11 is 0. The number of alkyl halides is 1. The summed E-state index contributed by atoms with van der Waals surface area (Å²) in [7, 11) is 0. The van der Waals surface area contributed by atoms with Gasteiger partial charge in [-0.05, 0) is 32.4 Å². The summed E-state index contributed by atoms with van der Waals surface area (Å²) in [5, 5.41) is 0. The summed E-state index contributed by atoms with van der Waals surface area (Å²) in [6.07, 6.45) is 1.59. The number of hydrogen-bond donors (Lipinski definition) is 1. The third-order valence-corrected chi connectivity index (χ3v) is 1.75. The number of pyridine rings is 1. The van der Waals surface area contributed by atoms with E-state index >= 15 is 0 Å². The van der Waals surface area contributed by atoms with Crippen molar-refractivity contribution in [2.75, 3.05) is 5.73 Å². The Hall–Kier alpha value is -1.12. The van der Waals surface area contributed by atoms with Gasteiger partial charge >= 0.3 is 0 Å². The number of halogens is 1. The van der Waals surface area contributed by atoms with Crippen LogP contribution in [0.25, 0.3) is 0 Å². The molecule has 0 fully saturated rings. The smallest absolute Gasteiger partial charge is 0.147 e. The summed E-state index contributed by atoms with van der Waals surface area (Å²) in [5.74, 6) is 0. The Morgan fingerprint density at radius 2 is 1.86 bits per heavy atom. The Bertz CT molecular complexity index is 290. The molecule has 3 heteroatoms. The number of nitrogens with two attached hydrogens (primary N) is 1. The molecule has 0 bridgehead atoms. The van der Waals surface area contributed by atoms with Crippen LogP contribution in [0.5, 0.6) is 0 Å². The van der Waals surface area contributed by atoms with Crippen molar-refractivity contribution >= 4 is 5.69 Å². The van der Waals surface area contributed by atoms with E-state index in [9.17, 15) is 4.39 Å². The van der Waals surface area contributed by atoms with Crippen LogP contribution in [0.3, 0.4) is 0 Å². The number of anilines is 1. The quantitative estimate of drug-likeness (QED) is 0.752. The first-order chi connectivity index (χ1) is 6.41. The molecule has 0 aliphatic heterocycles. The fourth-order valence-corrected chi connectivity index (χ4v) is 0.864. The zero-order chi connectivity index (χ0) is 11.4. The van der Waals surface area contributed by atoms with E-state index in [0.29, 0.717) is 11.4 Å². The highest BCUT2D eigenvalue weighted by Crippen LogP contribution is 2.24. The fraction of sp³-hybridized carbons (Fsp3) is 0.545. The van der Waals surface area contributed by atoms with Gasteiger partial charge in [0, 0.05) is 11.9 Å². The molecular weight excluding hydrogens is 179 g/mol. The van der Waals surface area contributed by atoms with Gasteiger partial charge in [-0.3, -0.25) is 4.98 Å². The molecule has 1 aromatic heterocycles. The normalized spacial score (nSPS) is 10.4. The van der Waals surface area contributed by atoms with Crippen molar-refractivity contribution in [3.63, 3.8) is 0 Å². The molecular formula is C11H19FN2. The highest BCUT2D eigenvalue weighted by molar-refractivity contribution is 5.46. The Kier molecular flexibility index (Phi) is 4.54. The number of nitrogen functional groups attached to an aromatic ring is 1. The molecule has 0 saturated heterocycles. The second-order valence-corrected chi connectivity index (χ2v) is 3.40. The first-order valence-electron chi connectivity index (χ1n) is 4.83. The maximum Gasteiger partial charge on any atom is 0.147 e. The molecule has 2 nitrogen and oxygen atoms in total. The van der Waals surface area contributed by atoms with E-state index in [2.05, 4.69) is 4.98 Å². The summed E-state index contributed by atoms with van der Waals surface area (Å²) in [5.41, 5.74) is 6.04. The van der Waals surface area contributed by atoms with E-state index in [-0.39, 0.29) is 0 Å². The van der Waals surface area contributed by atoms with Crippen LogP contribution in [0.1, 0.15) is 39.0 Å². The lowest BCUT2D eigenvalue weighted by Crippen LogP contribution is -2.12. The van der Waals surface area contributed by atoms with Gasteiger partial charge in [-0.2, -0.15) is 0 Å². The van der Waals surface area contributed by atoms with Gasteiger partial charge < -0.3 is 5.73 Å². The van der Waals surface area contributed by atoms with Crippen molar-refractivity contribution in [2.24, 2.45) is 0 Å². The molecule has 0 spiro atoms. The van der Waals surface area contributed by atoms with Crippen molar-refractivity contribution < 1.29 is 4.39 Å². The van der Waals surface area contributed by atoms with E-state index in [1.165, 1.54) is 13.8 Å². The Morgan fingerprint density at radius 1 is 1.36 bits per heavy atom. The van der Waals surface area contributed by atoms with Gasteiger partial charge in [0.1, 0.15) is 5.67 Å². The molecule has 0 aromatic carbocycles. The van der Waals surface area contributed by atoms with Gasteiger partial charge in [-0.15, -0.1) is 0 Å². The van der Waals surface area contributed by atoms with E-state index in [1.807, 2.05) is 20.8 Å². The van der Waals surface area contributed by atoms with E-state index in [1.54, 1.807) is 12.3 Å². The average Bonchev–Trinajstić information content (AvgIpc) is 2.11. The van der Waals surface area contributed by atoms with Crippen LogP contribution >= 0.6 is 0 Å². The van der Waals surface area contributed by atoms with E-state index in [0.717, 1.165) is 5.56 Å². The first kappa shape index (κ1) is 12.9. The highest BCUT2D eigenvalue weighted by Gasteiger charge is 2.20. The Labute approximate surface area is 85.4 Å². The van der Waals surface area contributed by atoms with Gasteiger partial charge in [-0.1, -0.05) is 13.8 Å². The number of rotatable bonds is 1. The van der Waals surface area contributed by atoms with Gasteiger partial charge in [0.05, 0.1) is 5.69 Å². The standard InChI is InChI=1S/C9H13FN2.C2H6/c1-6-5-12-8(4-7(6)11)9(2,3)10;1-2/h4-5H,1-3H3,(H2,11,12);1-2H3. The molecule has 14 heavy (non-hydrogen) atoms. The van der Waals surface area contributed by atoms with Crippen LogP contribution in [0.2, 0.25) is 0 Å². The van der Waals surface area contributed by atoms with Crippen LogP contribution < -0.4 is 5.73 Å². The molecule has 0 amide bonds. The Morgan fingerprint density at radius 3 is 2.21 bits per heavy atom.